The van der Waals surface area contributed by atoms with Crippen molar-refractivity contribution >= 4 is 50.4 Å². The summed E-state index contributed by atoms with van der Waals surface area (Å²) in [7, 11) is 0. The molecule has 1 saturated carbocycles. The Hall–Kier alpha value is -0.460. The molecular weight excluding hydrogens is 332 g/mol. The molecule has 1 heterocycles. The highest BCUT2D eigenvalue weighted by molar-refractivity contribution is 9.10. The molecule has 1 aromatic heterocycles. The van der Waals surface area contributed by atoms with E-state index in [0.29, 0.717) is 11.5 Å². The number of nitrogens with two attached hydrogens (primary N) is 1. The number of hydrogen-bond acceptors (Lipinski definition) is 3. The Morgan fingerprint density at radius 1 is 1.56 bits per heavy atom. The zero-order valence-electron chi connectivity index (χ0n) is 9.89. The highest BCUT2D eigenvalue weighted by atomic mass is 79.9. The van der Waals surface area contributed by atoms with Crippen LogP contribution >= 0.6 is 39.5 Å². The van der Waals surface area contributed by atoms with Crippen molar-refractivity contribution < 1.29 is 4.79 Å². The second-order valence-electron chi connectivity index (χ2n) is 4.44. The SMILES string of the molecule is NC(=S)CN(C(=O)c1sccc1Br)C1CCCC1. The fraction of sp³-hybridized carbons (Fsp3) is 0.500. The molecule has 0 bridgehead atoms. The van der Waals surface area contributed by atoms with Gasteiger partial charge in [-0.2, -0.15) is 0 Å². The summed E-state index contributed by atoms with van der Waals surface area (Å²) >= 11 is 9.82. The van der Waals surface area contributed by atoms with E-state index in [9.17, 15) is 4.79 Å². The van der Waals surface area contributed by atoms with E-state index < -0.39 is 0 Å². The maximum atomic E-state index is 12.5. The van der Waals surface area contributed by atoms with Gasteiger partial charge in [0, 0.05) is 10.5 Å². The predicted molar refractivity (Wildman–Crippen MR) is 82.1 cm³/mol. The van der Waals surface area contributed by atoms with Crippen molar-refractivity contribution in [3.05, 3.63) is 20.8 Å². The van der Waals surface area contributed by atoms with Crippen molar-refractivity contribution in [1.82, 2.24) is 4.90 Å². The minimum Gasteiger partial charge on any atom is -0.392 e. The molecule has 6 heteroatoms. The van der Waals surface area contributed by atoms with Crippen molar-refractivity contribution in [2.75, 3.05) is 6.54 Å². The van der Waals surface area contributed by atoms with E-state index in [-0.39, 0.29) is 11.9 Å². The molecule has 0 spiro atoms. The van der Waals surface area contributed by atoms with E-state index in [1.54, 1.807) is 0 Å². The Balaban J connectivity index is 2.20. The first-order valence-electron chi connectivity index (χ1n) is 5.92. The molecule has 2 rings (SSSR count). The fourth-order valence-corrected chi connectivity index (χ4v) is 3.96. The number of rotatable bonds is 4. The third-order valence-corrected chi connectivity index (χ3v) is 5.12. The molecule has 1 amide bonds. The molecule has 0 aromatic carbocycles. The number of hydrogen-bond donors (Lipinski definition) is 1. The van der Waals surface area contributed by atoms with E-state index in [4.69, 9.17) is 18.0 Å². The molecule has 0 atom stereocenters. The van der Waals surface area contributed by atoms with Crippen molar-refractivity contribution in [2.45, 2.75) is 31.7 Å². The van der Waals surface area contributed by atoms with Gasteiger partial charge in [0.25, 0.3) is 5.91 Å². The van der Waals surface area contributed by atoms with E-state index in [2.05, 4.69) is 15.9 Å². The van der Waals surface area contributed by atoms with Crippen LogP contribution in [0.15, 0.2) is 15.9 Å². The molecule has 1 fully saturated rings. The lowest BCUT2D eigenvalue weighted by atomic mass is 10.2. The lowest BCUT2D eigenvalue weighted by Crippen LogP contribution is -2.43. The number of halogens is 1. The number of carbonyl (C=O) groups excluding carboxylic acids is 1. The smallest absolute Gasteiger partial charge is 0.265 e. The minimum absolute atomic E-state index is 0.0385. The lowest BCUT2D eigenvalue weighted by Gasteiger charge is -2.28. The van der Waals surface area contributed by atoms with Gasteiger partial charge in [0.2, 0.25) is 0 Å². The van der Waals surface area contributed by atoms with Gasteiger partial charge in [-0.3, -0.25) is 4.79 Å². The summed E-state index contributed by atoms with van der Waals surface area (Å²) in [4.78, 5) is 15.5. The molecule has 18 heavy (non-hydrogen) atoms. The lowest BCUT2D eigenvalue weighted by molar-refractivity contribution is 0.0719. The standard InChI is InChI=1S/C12H15BrN2OS2/c13-9-5-6-18-11(9)12(16)15(7-10(14)17)8-3-1-2-4-8/h5-6,8H,1-4,7H2,(H2,14,17). The maximum Gasteiger partial charge on any atom is 0.265 e. The average molecular weight is 347 g/mol. The zero-order chi connectivity index (χ0) is 13.1. The van der Waals surface area contributed by atoms with E-state index in [1.165, 1.54) is 24.2 Å². The van der Waals surface area contributed by atoms with Crippen molar-refractivity contribution in [3.8, 4) is 0 Å². The van der Waals surface area contributed by atoms with Gasteiger partial charge < -0.3 is 10.6 Å². The molecule has 98 valence electrons. The summed E-state index contributed by atoms with van der Waals surface area (Å²) in [5.41, 5.74) is 5.62. The Morgan fingerprint density at radius 3 is 2.72 bits per heavy atom. The van der Waals surface area contributed by atoms with Gasteiger partial charge in [-0.25, -0.2) is 0 Å². The van der Waals surface area contributed by atoms with Crippen molar-refractivity contribution in [3.63, 3.8) is 0 Å². The van der Waals surface area contributed by atoms with Crippen molar-refractivity contribution in [2.24, 2.45) is 5.73 Å². The Labute approximate surface area is 124 Å². The molecular formula is C12H15BrN2OS2. The monoisotopic (exact) mass is 346 g/mol. The highest BCUT2D eigenvalue weighted by Gasteiger charge is 2.29. The molecule has 0 unspecified atom stereocenters. The van der Waals surface area contributed by atoms with Crippen LogP contribution in [0.4, 0.5) is 0 Å². The van der Waals surface area contributed by atoms with Crippen LogP contribution in [0, 0.1) is 0 Å². The third kappa shape index (κ3) is 3.10. The summed E-state index contributed by atoms with van der Waals surface area (Å²) < 4.78 is 0.850. The van der Waals surface area contributed by atoms with Gasteiger partial charge >= 0.3 is 0 Å². The first-order valence-corrected chi connectivity index (χ1v) is 8.00. The van der Waals surface area contributed by atoms with E-state index in [0.717, 1.165) is 22.2 Å². The first-order chi connectivity index (χ1) is 8.59. The van der Waals surface area contributed by atoms with Gasteiger partial charge in [0.05, 0.1) is 11.5 Å². The number of thiocarbonyl (C=S) groups is 1. The van der Waals surface area contributed by atoms with Gasteiger partial charge in [0.1, 0.15) is 4.88 Å². The third-order valence-electron chi connectivity index (χ3n) is 3.16. The van der Waals surface area contributed by atoms with E-state index >= 15 is 0 Å². The topological polar surface area (TPSA) is 46.3 Å². The zero-order valence-corrected chi connectivity index (χ0v) is 13.1. The predicted octanol–water partition coefficient (Wildman–Crippen LogP) is 3.18. The summed E-state index contributed by atoms with van der Waals surface area (Å²) in [6.07, 6.45) is 4.46. The number of thiophene rings is 1. The number of carbonyl (C=O) groups is 1. The summed E-state index contributed by atoms with van der Waals surface area (Å²) in [6, 6.07) is 2.18. The molecule has 0 radical (unpaired) electrons. The molecule has 3 nitrogen and oxygen atoms in total. The summed E-state index contributed by atoms with van der Waals surface area (Å²) in [5.74, 6) is 0.0385. The number of amides is 1. The van der Waals surface area contributed by atoms with Gasteiger partial charge in [-0.05, 0) is 40.2 Å². The maximum absolute atomic E-state index is 12.5. The Morgan fingerprint density at radius 2 is 2.22 bits per heavy atom. The van der Waals surface area contributed by atoms with E-state index in [1.807, 2.05) is 16.3 Å². The average Bonchev–Trinajstić information content (AvgIpc) is 2.95. The second kappa shape index (κ2) is 6.12. The van der Waals surface area contributed by atoms with Crippen LogP contribution in [0.5, 0.6) is 0 Å². The van der Waals surface area contributed by atoms with Crippen LogP contribution in [-0.2, 0) is 0 Å². The van der Waals surface area contributed by atoms with Gasteiger partial charge in [-0.1, -0.05) is 25.1 Å². The summed E-state index contributed by atoms with van der Waals surface area (Å²) in [6.45, 7) is 0.378. The van der Waals surface area contributed by atoms with Crippen LogP contribution in [0.1, 0.15) is 35.4 Å². The first kappa shape index (κ1) is 14.0. The molecule has 2 N–H and O–H groups in total. The number of nitrogens with zero attached hydrogens (tertiary/aromatic N) is 1. The molecule has 0 aliphatic heterocycles. The molecule has 1 aliphatic carbocycles. The van der Waals surface area contributed by atoms with Crippen LogP contribution in [-0.4, -0.2) is 28.4 Å². The Kier molecular flexibility index (Phi) is 4.75. The Bertz CT molecular complexity index is 455. The van der Waals surface area contributed by atoms with Crippen LogP contribution in [0.25, 0.3) is 0 Å². The van der Waals surface area contributed by atoms with Gasteiger partial charge in [0.15, 0.2) is 0 Å². The molecule has 0 saturated heterocycles. The normalized spacial score (nSPS) is 15.8. The largest absolute Gasteiger partial charge is 0.392 e. The minimum atomic E-state index is 0.0385. The highest BCUT2D eigenvalue weighted by Crippen LogP contribution is 2.29. The molecule has 1 aliphatic rings. The fourth-order valence-electron chi connectivity index (χ4n) is 2.33. The van der Waals surface area contributed by atoms with Gasteiger partial charge in [-0.15, -0.1) is 11.3 Å². The van der Waals surface area contributed by atoms with Crippen LogP contribution in [0.2, 0.25) is 0 Å². The second-order valence-corrected chi connectivity index (χ2v) is 6.73. The van der Waals surface area contributed by atoms with Crippen LogP contribution in [0.3, 0.4) is 0 Å². The van der Waals surface area contributed by atoms with Crippen LogP contribution < -0.4 is 5.73 Å². The molecule has 1 aromatic rings. The summed E-state index contributed by atoms with van der Waals surface area (Å²) in [5, 5.41) is 1.91. The van der Waals surface area contributed by atoms with Crippen molar-refractivity contribution in [1.29, 1.82) is 0 Å². The quantitative estimate of drug-likeness (QED) is 0.851.